The molecule has 3 aromatic rings. The van der Waals surface area contributed by atoms with Crippen LogP contribution in [0.15, 0.2) is 78.9 Å². The summed E-state index contributed by atoms with van der Waals surface area (Å²) in [4.78, 5) is 12.4. The Balaban J connectivity index is 1.58. The molecule has 0 heterocycles. The van der Waals surface area contributed by atoms with Gasteiger partial charge in [-0.1, -0.05) is 48.0 Å². The molecule has 0 aliphatic rings. The number of para-hydroxylation sites is 2. The summed E-state index contributed by atoms with van der Waals surface area (Å²) in [5.74, 6) is 1.31. The second kappa shape index (κ2) is 8.72. The number of carbonyl (C=O) groups is 1. The van der Waals surface area contributed by atoms with E-state index in [4.69, 9.17) is 14.2 Å². The third-order valence-electron chi connectivity index (χ3n) is 3.69. The number of hydrogen-bond donors (Lipinski definition) is 0. The van der Waals surface area contributed by atoms with Crippen molar-refractivity contribution in [1.82, 2.24) is 0 Å². The number of hydrogen-bond acceptors (Lipinski definition) is 4. The number of rotatable bonds is 7. The molecule has 132 valence electrons. The fourth-order valence-electron chi connectivity index (χ4n) is 2.36. The Morgan fingerprint density at radius 3 is 2.15 bits per heavy atom. The average Bonchev–Trinajstić information content (AvgIpc) is 2.68. The molecule has 4 nitrogen and oxygen atoms in total. The molecule has 26 heavy (non-hydrogen) atoms. The maximum atomic E-state index is 12.4. The van der Waals surface area contributed by atoms with Crippen LogP contribution in [0.25, 0.3) is 0 Å². The molecule has 0 radical (unpaired) electrons. The monoisotopic (exact) mass is 348 g/mol. The normalized spacial score (nSPS) is 10.2. The first-order valence-electron chi connectivity index (χ1n) is 8.41. The second-order valence-electron chi connectivity index (χ2n) is 5.71. The van der Waals surface area contributed by atoms with Crippen LogP contribution in [0, 0.1) is 6.92 Å². The van der Waals surface area contributed by atoms with Gasteiger partial charge in [0.2, 0.25) is 0 Å². The lowest BCUT2D eigenvalue weighted by Crippen LogP contribution is -2.14. The van der Waals surface area contributed by atoms with Gasteiger partial charge >= 0.3 is 5.97 Å². The zero-order valence-electron chi connectivity index (χ0n) is 14.6. The van der Waals surface area contributed by atoms with Crippen LogP contribution in [0.2, 0.25) is 0 Å². The van der Waals surface area contributed by atoms with Crippen molar-refractivity contribution in [3.8, 4) is 17.2 Å². The number of esters is 1. The van der Waals surface area contributed by atoms with E-state index >= 15 is 0 Å². The minimum absolute atomic E-state index is 0.323. The molecule has 3 aromatic carbocycles. The summed E-state index contributed by atoms with van der Waals surface area (Å²) in [6.07, 6.45) is 0. The summed E-state index contributed by atoms with van der Waals surface area (Å²) >= 11 is 0. The van der Waals surface area contributed by atoms with E-state index in [-0.39, 0.29) is 0 Å². The smallest absolute Gasteiger partial charge is 0.347 e. The van der Waals surface area contributed by atoms with Gasteiger partial charge in [0.05, 0.1) is 0 Å². The molecule has 0 saturated carbocycles. The van der Waals surface area contributed by atoms with Gasteiger partial charge in [0.25, 0.3) is 0 Å². The molecular weight excluding hydrogens is 328 g/mol. The van der Waals surface area contributed by atoms with Crippen molar-refractivity contribution in [2.45, 2.75) is 6.92 Å². The third kappa shape index (κ3) is 4.86. The van der Waals surface area contributed by atoms with E-state index in [0.29, 0.717) is 30.3 Å². The third-order valence-corrected chi connectivity index (χ3v) is 3.69. The summed E-state index contributed by atoms with van der Waals surface area (Å²) < 4.78 is 16.7. The topological polar surface area (TPSA) is 44.8 Å². The molecule has 0 atom stereocenters. The summed E-state index contributed by atoms with van der Waals surface area (Å²) in [7, 11) is 0. The minimum atomic E-state index is -0.451. The quantitative estimate of drug-likeness (QED) is 0.353. The van der Waals surface area contributed by atoms with Crippen LogP contribution in [0.4, 0.5) is 0 Å². The lowest BCUT2D eigenvalue weighted by Gasteiger charge is -2.12. The van der Waals surface area contributed by atoms with Gasteiger partial charge in [-0.2, -0.15) is 0 Å². The molecule has 0 bridgehead atoms. The van der Waals surface area contributed by atoms with Crippen LogP contribution in [-0.2, 0) is 0 Å². The van der Waals surface area contributed by atoms with Gasteiger partial charge in [0.15, 0.2) is 0 Å². The van der Waals surface area contributed by atoms with Gasteiger partial charge in [0.1, 0.15) is 36.0 Å². The van der Waals surface area contributed by atoms with E-state index in [9.17, 15) is 4.79 Å². The first kappa shape index (κ1) is 17.5. The largest absolute Gasteiger partial charge is 0.490 e. The molecule has 4 heteroatoms. The zero-order chi connectivity index (χ0) is 18.2. The van der Waals surface area contributed by atoms with Gasteiger partial charge in [-0.3, -0.25) is 0 Å². The molecule has 0 unspecified atom stereocenters. The molecule has 0 aromatic heterocycles. The highest BCUT2D eigenvalue weighted by Crippen LogP contribution is 2.21. The van der Waals surface area contributed by atoms with Crippen molar-refractivity contribution in [3.63, 3.8) is 0 Å². The van der Waals surface area contributed by atoms with Gasteiger partial charge in [-0.05, 0) is 43.3 Å². The lowest BCUT2D eigenvalue weighted by molar-refractivity contribution is 0.0729. The SMILES string of the molecule is Cc1ccc(OC(=O)c2ccccc2OCCOc2ccccc2)cc1. The van der Waals surface area contributed by atoms with E-state index in [1.165, 1.54) is 0 Å². The molecule has 0 saturated heterocycles. The Morgan fingerprint density at radius 2 is 1.38 bits per heavy atom. The van der Waals surface area contributed by atoms with Crippen molar-refractivity contribution in [2.75, 3.05) is 13.2 Å². The number of benzene rings is 3. The predicted molar refractivity (Wildman–Crippen MR) is 100 cm³/mol. The molecule has 0 N–H and O–H groups in total. The van der Waals surface area contributed by atoms with Crippen molar-refractivity contribution in [3.05, 3.63) is 90.0 Å². The predicted octanol–water partition coefficient (Wildman–Crippen LogP) is 4.67. The summed E-state index contributed by atoms with van der Waals surface area (Å²) in [5, 5.41) is 0. The Morgan fingerprint density at radius 1 is 0.731 bits per heavy atom. The van der Waals surface area contributed by atoms with Crippen LogP contribution in [-0.4, -0.2) is 19.2 Å². The van der Waals surface area contributed by atoms with Crippen LogP contribution >= 0.6 is 0 Å². The fourth-order valence-corrected chi connectivity index (χ4v) is 2.36. The molecule has 0 amide bonds. The minimum Gasteiger partial charge on any atom is -0.490 e. The summed E-state index contributed by atoms with van der Waals surface area (Å²) in [6, 6.07) is 23.9. The fraction of sp³-hybridized carbons (Fsp3) is 0.136. The maximum absolute atomic E-state index is 12.4. The van der Waals surface area contributed by atoms with E-state index in [1.54, 1.807) is 30.3 Å². The van der Waals surface area contributed by atoms with E-state index < -0.39 is 5.97 Å². The van der Waals surface area contributed by atoms with Gasteiger partial charge in [-0.25, -0.2) is 4.79 Å². The molecule has 0 spiro atoms. The Labute approximate surface area is 153 Å². The highest BCUT2D eigenvalue weighted by atomic mass is 16.5. The van der Waals surface area contributed by atoms with E-state index in [2.05, 4.69) is 0 Å². The molecule has 0 aliphatic carbocycles. The van der Waals surface area contributed by atoms with Crippen molar-refractivity contribution < 1.29 is 19.0 Å². The van der Waals surface area contributed by atoms with Crippen LogP contribution < -0.4 is 14.2 Å². The standard InChI is InChI=1S/C22H20O4/c1-17-11-13-19(14-12-17)26-22(23)20-9-5-6-10-21(20)25-16-15-24-18-7-3-2-4-8-18/h2-14H,15-16H2,1H3. The first-order valence-corrected chi connectivity index (χ1v) is 8.41. The maximum Gasteiger partial charge on any atom is 0.347 e. The van der Waals surface area contributed by atoms with Crippen molar-refractivity contribution >= 4 is 5.97 Å². The van der Waals surface area contributed by atoms with Gasteiger partial charge in [-0.15, -0.1) is 0 Å². The van der Waals surface area contributed by atoms with Crippen molar-refractivity contribution in [1.29, 1.82) is 0 Å². The Kier molecular flexibility index (Phi) is 5.88. The van der Waals surface area contributed by atoms with Crippen molar-refractivity contribution in [2.24, 2.45) is 0 Å². The number of ether oxygens (including phenoxy) is 3. The molecule has 0 aliphatic heterocycles. The average molecular weight is 348 g/mol. The summed E-state index contributed by atoms with van der Waals surface area (Å²) in [5.41, 5.74) is 1.49. The number of aryl methyl sites for hydroxylation is 1. The van der Waals surface area contributed by atoms with E-state index in [1.807, 2.05) is 55.5 Å². The molecule has 0 fully saturated rings. The van der Waals surface area contributed by atoms with Crippen LogP contribution in [0.1, 0.15) is 15.9 Å². The number of carbonyl (C=O) groups excluding carboxylic acids is 1. The zero-order valence-corrected chi connectivity index (χ0v) is 14.6. The Hall–Kier alpha value is -3.27. The highest BCUT2D eigenvalue weighted by molar-refractivity contribution is 5.93. The molecular formula is C22H20O4. The molecule has 3 rings (SSSR count). The van der Waals surface area contributed by atoms with Crippen LogP contribution in [0.3, 0.4) is 0 Å². The van der Waals surface area contributed by atoms with Crippen LogP contribution in [0.5, 0.6) is 17.2 Å². The first-order chi connectivity index (χ1) is 12.7. The second-order valence-corrected chi connectivity index (χ2v) is 5.71. The lowest BCUT2D eigenvalue weighted by atomic mass is 10.2. The van der Waals surface area contributed by atoms with Gasteiger partial charge < -0.3 is 14.2 Å². The Bertz CT molecular complexity index is 842. The van der Waals surface area contributed by atoms with Gasteiger partial charge in [0, 0.05) is 0 Å². The summed E-state index contributed by atoms with van der Waals surface area (Å²) in [6.45, 7) is 2.68. The van der Waals surface area contributed by atoms with E-state index in [0.717, 1.165) is 11.3 Å². The highest BCUT2D eigenvalue weighted by Gasteiger charge is 2.14.